The first-order chi connectivity index (χ1) is 13.5. The van der Waals surface area contributed by atoms with Crippen molar-refractivity contribution >= 4 is 44.4 Å². The van der Waals surface area contributed by atoms with Gasteiger partial charge in [-0.15, -0.1) is 5.10 Å². The molecule has 0 unspecified atom stereocenters. The molecule has 142 valence electrons. The van der Waals surface area contributed by atoms with Crippen LogP contribution in [0, 0.1) is 19.7 Å². The molecule has 7 nitrogen and oxygen atoms in total. The number of nitrogens with one attached hydrogen (secondary N) is 1. The standard InChI is InChI=1S/C18H15FN6OS2/c1-10-3-6-14(11(2)7-10)25-18(22-23-24-25)27-9-16(26)21-17-20-13-5-4-12(19)8-15(13)28-17/h3-8H,9H2,1-2H3,(H,20,21,26). The van der Waals surface area contributed by atoms with Crippen LogP contribution in [0.25, 0.3) is 15.9 Å². The molecule has 0 aliphatic rings. The second kappa shape index (κ2) is 7.64. The van der Waals surface area contributed by atoms with E-state index in [1.807, 2.05) is 32.0 Å². The second-order valence-electron chi connectivity index (χ2n) is 6.13. The van der Waals surface area contributed by atoms with Crippen LogP contribution in [0.15, 0.2) is 41.6 Å². The van der Waals surface area contributed by atoms with Crippen LogP contribution < -0.4 is 5.32 Å². The van der Waals surface area contributed by atoms with Gasteiger partial charge in [0, 0.05) is 0 Å². The monoisotopic (exact) mass is 414 g/mol. The fourth-order valence-corrected chi connectivity index (χ4v) is 4.29. The van der Waals surface area contributed by atoms with E-state index in [1.165, 1.54) is 35.2 Å². The lowest BCUT2D eigenvalue weighted by Gasteiger charge is -2.08. The lowest BCUT2D eigenvalue weighted by Crippen LogP contribution is -2.14. The highest BCUT2D eigenvalue weighted by Crippen LogP contribution is 2.27. The lowest BCUT2D eigenvalue weighted by atomic mass is 10.1. The van der Waals surface area contributed by atoms with E-state index in [0.717, 1.165) is 16.8 Å². The number of anilines is 1. The molecule has 28 heavy (non-hydrogen) atoms. The number of aromatic nitrogens is 5. The molecule has 4 aromatic rings. The van der Waals surface area contributed by atoms with Crippen LogP contribution in [0.4, 0.5) is 9.52 Å². The van der Waals surface area contributed by atoms with E-state index in [9.17, 15) is 9.18 Å². The van der Waals surface area contributed by atoms with Gasteiger partial charge in [0.15, 0.2) is 5.13 Å². The van der Waals surface area contributed by atoms with Gasteiger partial charge in [0.1, 0.15) is 5.82 Å². The van der Waals surface area contributed by atoms with Crippen molar-refractivity contribution in [3.05, 3.63) is 53.3 Å². The maximum absolute atomic E-state index is 13.3. The molecular weight excluding hydrogens is 399 g/mol. The summed E-state index contributed by atoms with van der Waals surface area (Å²) in [6, 6.07) is 10.3. The van der Waals surface area contributed by atoms with E-state index in [2.05, 4.69) is 25.8 Å². The molecule has 0 bridgehead atoms. The summed E-state index contributed by atoms with van der Waals surface area (Å²) in [6.45, 7) is 4.01. The van der Waals surface area contributed by atoms with Gasteiger partial charge in [0.05, 0.1) is 21.7 Å². The molecular formula is C18H15FN6OS2. The number of carbonyl (C=O) groups excluding carboxylic acids is 1. The normalized spacial score (nSPS) is 11.1. The van der Waals surface area contributed by atoms with Crippen molar-refractivity contribution in [2.75, 3.05) is 11.1 Å². The molecule has 0 radical (unpaired) electrons. The number of aryl methyl sites for hydroxylation is 2. The molecule has 4 rings (SSSR count). The topological polar surface area (TPSA) is 85.6 Å². The Morgan fingerprint density at radius 3 is 2.93 bits per heavy atom. The quantitative estimate of drug-likeness (QED) is 0.501. The predicted octanol–water partition coefficient (Wildman–Crippen LogP) is 3.76. The summed E-state index contributed by atoms with van der Waals surface area (Å²) in [5.74, 6) is -0.447. The first-order valence-corrected chi connectivity index (χ1v) is 10.1. The second-order valence-corrected chi connectivity index (χ2v) is 8.10. The fraction of sp³-hybridized carbons (Fsp3) is 0.167. The molecule has 2 heterocycles. The number of tetrazole rings is 1. The number of hydrogen-bond donors (Lipinski definition) is 1. The minimum absolute atomic E-state index is 0.121. The Morgan fingerprint density at radius 1 is 1.25 bits per heavy atom. The average molecular weight is 414 g/mol. The number of nitrogens with zero attached hydrogens (tertiary/aromatic N) is 5. The Bertz CT molecular complexity index is 1170. The lowest BCUT2D eigenvalue weighted by molar-refractivity contribution is -0.113. The van der Waals surface area contributed by atoms with Crippen LogP contribution in [0.3, 0.4) is 0 Å². The van der Waals surface area contributed by atoms with Crippen LogP contribution in [-0.2, 0) is 4.79 Å². The number of amides is 1. The van der Waals surface area contributed by atoms with E-state index < -0.39 is 0 Å². The third-order valence-corrected chi connectivity index (χ3v) is 5.80. The molecule has 0 saturated carbocycles. The van der Waals surface area contributed by atoms with Crippen LogP contribution >= 0.6 is 23.1 Å². The first-order valence-electron chi connectivity index (χ1n) is 8.34. The van der Waals surface area contributed by atoms with Gasteiger partial charge >= 0.3 is 0 Å². The van der Waals surface area contributed by atoms with Crippen molar-refractivity contribution in [2.45, 2.75) is 19.0 Å². The Kier molecular flexibility index (Phi) is 5.05. The van der Waals surface area contributed by atoms with Gasteiger partial charge in [-0.1, -0.05) is 40.8 Å². The Labute approximate surface area is 168 Å². The number of halogens is 1. The fourth-order valence-electron chi connectivity index (χ4n) is 2.70. The Balaban J connectivity index is 1.44. The number of rotatable bonds is 5. The zero-order chi connectivity index (χ0) is 19.7. The minimum atomic E-state index is -0.331. The predicted molar refractivity (Wildman–Crippen MR) is 108 cm³/mol. The van der Waals surface area contributed by atoms with E-state index in [4.69, 9.17) is 0 Å². The number of carbonyl (C=O) groups is 1. The number of hydrogen-bond acceptors (Lipinski definition) is 7. The molecule has 0 atom stereocenters. The largest absolute Gasteiger partial charge is 0.301 e. The van der Waals surface area contributed by atoms with Crippen LogP contribution in [0.1, 0.15) is 11.1 Å². The van der Waals surface area contributed by atoms with E-state index >= 15 is 0 Å². The molecule has 2 aromatic heterocycles. The van der Waals surface area contributed by atoms with E-state index in [-0.39, 0.29) is 17.5 Å². The third kappa shape index (κ3) is 3.87. The van der Waals surface area contributed by atoms with Crippen molar-refractivity contribution < 1.29 is 9.18 Å². The molecule has 2 aromatic carbocycles. The van der Waals surface area contributed by atoms with Gasteiger partial charge in [-0.05, 0) is 54.1 Å². The van der Waals surface area contributed by atoms with Gasteiger partial charge in [0.2, 0.25) is 11.1 Å². The van der Waals surface area contributed by atoms with Gasteiger partial charge in [-0.3, -0.25) is 4.79 Å². The molecule has 0 aliphatic carbocycles. The summed E-state index contributed by atoms with van der Waals surface area (Å²) in [5.41, 5.74) is 3.71. The minimum Gasteiger partial charge on any atom is -0.301 e. The molecule has 1 N–H and O–H groups in total. The highest BCUT2D eigenvalue weighted by molar-refractivity contribution is 7.99. The number of thioether (sulfide) groups is 1. The molecule has 0 fully saturated rings. The van der Waals surface area contributed by atoms with Gasteiger partial charge in [-0.25, -0.2) is 9.37 Å². The summed E-state index contributed by atoms with van der Waals surface area (Å²) in [7, 11) is 0. The van der Waals surface area contributed by atoms with E-state index in [0.29, 0.717) is 20.5 Å². The van der Waals surface area contributed by atoms with Gasteiger partial charge < -0.3 is 5.32 Å². The maximum Gasteiger partial charge on any atom is 0.236 e. The molecule has 10 heteroatoms. The number of fused-ring (bicyclic) bond motifs is 1. The van der Waals surface area contributed by atoms with Gasteiger partial charge in [-0.2, -0.15) is 4.68 Å². The summed E-state index contributed by atoms with van der Waals surface area (Å²) in [5, 5.41) is 15.5. The number of benzene rings is 2. The Morgan fingerprint density at radius 2 is 2.11 bits per heavy atom. The Hall–Kier alpha value is -2.85. The number of thiazole rings is 1. The zero-order valence-corrected chi connectivity index (χ0v) is 16.6. The molecule has 1 amide bonds. The van der Waals surface area contributed by atoms with Crippen molar-refractivity contribution in [1.29, 1.82) is 0 Å². The van der Waals surface area contributed by atoms with Crippen molar-refractivity contribution in [3.8, 4) is 5.69 Å². The van der Waals surface area contributed by atoms with E-state index in [1.54, 1.807) is 10.7 Å². The molecule has 0 spiro atoms. The maximum atomic E-state index is 13.3. The van der Waals surface area contributed by atoms with Crippen molar-refractivity contribution in [1.82, 2.24) is 25.2 Å². The summed E-state index contributed by atoms with van der Waals surface area (Å²) < 4.78 is 15.6. The summed E-state index contributed by atoms with van der Waals surface area (Å²) in [4.78, 5) is 16.6. The van der Waals surface area contributed by atoms with Crippen LogP contribution in [0.5, 0.6) is 0 Å². The molecule has 0 aliphatic heterocycles. The zero-order valence-electron chi connectivity index (χ0n) is 15.0. The van der Waals surface area contributed by atoms with Crippen LogP contribution in [0.2, 0.25) is 0 Å². The summed E-state index contributed by atoms with van der Waals surface area (Å²) >= 11 is 2.46. The van der Waals surface area contributed by atoms with Crippen molar-refractivity contribution in [3.63, 3.8) is 0 Å². The van der Waals surface area contributed by atoms with Gasteiger partial charge in [0.25, 0.3) is 0 Å². The molecule has 0 saturated heterocycles. The average Bonchev–Trinajstić information content (AvgIpc) is 3.26. The van der Waals surface area contributed by atoms with Crippen molar-refractivity contribution in [2.24, 2.45) is 0 Å². The first kappa shape index (κ1) is 18.5. The smallest absolute Gasteiger partial charge is 0.236 e. The highest BCUT2D eigenvalue weighted by atomic mass is 32.2. The highest BCUT2D eigenvalue weighted by Gasteiger charge is 2.14. The van der Waals surface area contributed by atoms with Crippen LogP contribution in [-0.4, -0.2) is 36.9 Å². The summed E-state index contributed by atoms with van der Waals surface area (Å²) in [6.07, 6.45) is 0. The SMILES string of the molecule is Cc1ccc(-n2nnnc2SCC(=O)Nc2nc3ccc(F)cc3s2)c(C)c1. The third-order valence-electron chi connectivity index (χ3n) is 3.95.